The van der Waals surface area contributed by atoms with E-state index < -0.39 is 6.10 Å². The van der Waals surface area contributed by atoms with Crippen LogP contribution in [0.1, 0.15) is 11.7 Å². The molecule has 0 aliphatic rings. The molecule has 24 heavy (non-hydrogen) atoms. The Bertz CT molecular complexity index is 643. The Labute approximate surface area is 158 Å². The second-order valence-corrected chi connectivity index (χ2v) is 4.88. The second kappa shape index (κ2) is 9.99. The van der Waals surface area contributed by atoms with Crippen LogP contribution in [0.3, 0.4) is 0 Å². The highest BCUT2D eigenvalue weighted by molar-refractivity contribution is 14.0. The molecule has 0 spiro atoms. The minimum atomic E-state index is -0.810. The van der Waals surface area contributed by atoms with Crippen molar-refractivity contribution in [1.82, 2.24) is 0 Å². The average molecular weight is 443 g/mol. The summed E-state index contributed by atoms with van der Waals surface area (Å²) < 4.78 is 10.4. The lowest BCUT2D eigenvalue weighted by Gasteiger charge is -2.13. The number of nitrogens with two attached hydrogens (primary N) is 1. The zero-order valence-electron chi connectivity index (χ0n) is 13.6. The number of aliphatic imine (C=N–C) groups is 1. The van der Waals surface area contributed by atoms with E-state index in [-0.39, 0.29) is 36.5 Å². The summed E-state index contributed by atoms with van der Waals surface area (Å²) in [6.07, 6.45) is -0.810. The van der Waals surface area contributed by atoms with Gasteiger partial charge in [-0.05, 0) is 29.8 Å². The van der Waals surface area contributed by atoms with Crippen molar-refractivity contribution < 1.29 is 14.6 Å². The summed E-state index contributed by atoms with van der Waals surface area (Å²) in [5.74, 6) is 1.46. The molecule has 0 saturated heterocycles. The molecular weight excluding hydrogens is 421 g/mol. The fraction of sp³-hybridized carbons (Fsp3) is 0.235. The number of nitrogens with zero attached hydrogens (tertiary/aromatic N) is 1. The first-order chi connectivity index (χ1) is 11.1. The molecule has 2 aromatic carbocycles. The van der Waals surface area contributed by atoms with Crippen molar-refractivity contribution in [3.05, 3.63) is 54.1 Å². The number of guanidine groups is 1. The number of nitrogens with one attached hydrogen (secondary N) is 1. The summed E-state index contributed by atoms with van der Waals surface area (Å²) in [6, 6.07) is 14.7. The molecule has 0 amide bonds. The van der Waals surface area contributed by atoms with Crippen LogP contribution >= 0.6 is 24.0 Å². The predicted octanol–water partition coefficient (Wildman–Crippen LogP) is 2.78. The van der Waals surface area contributed by atoms with Crippen LogP contribution in [0.5, 0.6) is 11.5 Å². The fourth-order valence-corrected chi connectivity index (χ4v) is 2.02. The quantitative estimate of drug-likeness (QED) is 0.363. The maximum Gasteiger partial charge on any atom is 0.193 e. The molecule has 0 bridgehead atoms. The van der Waals surface area contributed by atoms with Gasteiger partial charge in [-0.15, -0.1) is 24.0 Å². The summed E-state index contributed by atoms with van der Waals surface area (Å²) >= 11 is 0. The first-order valence-electron chi connectivity index (χ1n) is 7.15. The molecular formula is C17H22IN3O3. The lowest BCUT2D eigenvalue weighted by Crippen LogP contribution is -2.23. The third-order valence-corrected chi connectivity index (χ3v) is 3.24. The van der Waals surface area contributed by atoms with Gasteiger partial charge in [-0.25, -0.2) is 0 Å². The van der Waals surface area contributed by atoms with Gasteiger partial charge < -0.3 is 25.6 Å². The number of methoxy groups -OCH3 is 2. The number of ether oxygens (including phenoxy) is 2. The van der Waals surface area contributed by atoms with Crippen LogP contribution in [0.4, 0.5) is 5.69 Å². The highest BCUT2D eigenvalue weighted by atomic mass is 127. The van der Waals surface area contributed by atoms with Crippen LogP contribution in [-0.4, -0.2) is 31.8 Å². The monoisotopic (exact) mass is 443 g/mol. The lowest BCUT2D eigenvalue weighted by atomic mass is 10.1. The summed E-state index contributed by atoms with van der Waals surface area (Å²) in [5.41, 5.74) is 7.31. The number of aliphatic hydroxyl groups excluding tert-OH is 1. The molecule has 0 saturated carbocycles. The van der Waals surface area contributed by atoms with E-state index in [1.165, 1.54) is 0 Å². The zero-order chi connectivity index (χ0) is 16.7. The number of hydrogen-bond acceptors (Lipinski definition) is 4. The highest BCUT2D eigenvalue weighted by Gasteiger charge is 2.11. The number of hydrogen-bond donors (Lipinski definition) is 3. The lowest BCUT2D eigenvalue weighted by molar-refractivity contribution is 0.186. The molecule has 6 nitrogen and oxygen atoms in total. The van der Waals surface area contributed by atoms with Crippen molar-refractivity contribution in [3.8, 4) is 11.5 Å². The van der Waals surface area contributed by atoms with Crippen molar-refractivity contribution in [2.75, 3.05) is 26.1 Å². The Kier molecular flexibility index (Phi) is 8.34. The zero-order valence-corrected chi connectivity index (χ0v) is 15.9. The van der Waals surface area contributed by atoms with Gasteiger partial charge in [0.15, 0.2) is 5.96 Å². The van der Waals surface area contributed by atoms with Gasteiger partial charge in [0.1, 0.15) is 11.5 Å². The van der Waals surface area contributed by atoms with Crippen molar-refractivity contribution in [2.45, 2.75) is 6.10 Å². The van der Waals surface area contributed by atoms with Crippen LogP contribution < -0.4 is 20.5 Å². The van der Waals surface area contributed by atoms with Gasteiger partial charge >= 0.3 is 0 Å². The van der Waals surface area contributed by atoms with Gasteiger partial charge in [-0.3, -0.25) is 4.99 Å². The summed E-state index contributed by atoms with van der Waals surface area (Å²) in [6.45, 7) is 0.127. The minimum absolute atomic E-state index is 0. The van der Waals surface area contributed by atoms with E-state index >= 15 is 0 Å². The van der Waals surface area contributed by atoms with Crippen LogP contribution in [0.25, 0.3) is 0 Å². The molecule has 1 unspecified atom stereocenters. The van der Waals surface area contributed by atoms with Crippen LogP contribution in [0.15, 0.2) is 53.5 Å². The van der Waals surface area contributed by atoms with Crippen LogP contribution in [-0.2, 0) is 0 Å². The van der Waals surface area contributed by atoms with Crippen LogP contribution in [0, 0.1) is 0 Å². The van der Waals surface area contributed by atoms with Crippen molar-refractivity contribution in [2.24, 2.45) is 10.7 Å². The molecule has 7 heteroatoms. The Balaban J connectivity index is 0.00000288. The number of halogens is 1. The normalized spacial score (nSPS) is 12.0. The first kappa shape index (κ1) is 20.0. The SMILES string of the molecule is COc1cc(OC)cc(C(O)CN=C(N)Nc2ccccc2)c1.I. The van der Waals surface area contributed by atoms with Gasteiger partial charge in [-0.2, -0.15) is 0 Å². The highest BCUT2D eigenvalue weighted by Crippen LogP contribution is 2.26. The Morgan fingerprint density at radius 2 is 1.71 bits per heavy atom. The largest absolute Gasteiger partial charge is 0.497 e. The molecule has 4 N–H and O–H groups in total. The topological polar surface area (TPSA) is 89.1 Å². The van der Waals surface area contributed by atoms with Crippen molar-refractivity contribution >= 4 is 35.6 Å². The summed E-state index contributed by atoms with van der Waals surface area (Å²) in [5, 5.41) is 13.2. The Hall–Kier alpha value is -2.00. The van der Waals surface area contributed by atoms with Gasteiger partial charge in [0.05, 0.1) is 26.9 Å². The average Bonchev–Trinajstić information content (AvgIpc) is 2.60. The van der Waals surface area contributed by atoms with Gasteiger partial charge in [0.25, 0.3) is 0 Å². The van der Waals surface area contributed by atoms with E-state index in [0.717, 1.165) is 5.69 Å². The molecule has 0 fully saturated rings. The second-order valence-electron chi connectivity index (χ2n) is 4.88. The van der Waals surface area contributed by atoms with E-state index in [1.807, 2.05) is 30.3 Å². The third-order valence-electron chi connectivity index (χ3n) is 3.24. The third kappa shape index (κ3) is 5.89. The molecule has 0 heterocycles. The van der Waals surface area contributed by atoms with Gasteiger partial charge in [0.2, 0.25) is 0 Å². The Morgan fingerprint density at radius 1 is 1.12 bits per heavy atom. The van der Waals surface area contributed by atoms with Gasteiger partial charge in [0, 0.05) is 11.8 Å². The fourth-order valence-electron chi connectivity index (χ4n) is 2.02. The van der Waals surface area contributed by atoms with E-state index in [4.69, 9.17) is 15.2 Å². The van der Waals surface area contributed by atoms with Crippen molar-refractivity contribution in [3.63, 3.8) is 0 Å². The molecule has 0 aliphatic carbocycles. The molecule has 2 aromatic rings. The van der Waals surface area contributed by atoms with E-state index in [9.17, 15) is 5.11 Å². The molecule has 0 aromatic heterocycles. The van der Waals surface area contributed by atoms with Crippen LogP contribution in [0.2, 0.25) is 0 Å². The number of para-hydroxylation sites is 1. The van der Waals surface area contributed by atoms with Crippen molar-refractivity contribution in [1.29, 1.82) is 0 Å². The van der Waals surface area contributed by atoms with E-state index in [1.54, 1.807) is 32.4 Å². The smallest absolute Gasteiger partial charge is 0.193 e. The van der Waals surface area contributed by atoms with E-state index in [2.05, 4.69) is 10.3 Å². The first-order valence-corrected chi connectivity index (χ1v) is 7.15. The maximum atomic E-state index is 10.3. The minimum Gasteiger partial charge on any atom is -0.497 e. The maximum absolute atomic E-state index is 10.3. The van der Waals surface area contributed by atoms with E-state index in [0.29, 0.717) is 17.1 Å². The molecule has 2 rings (SSSR count). The number of aliphatic hydroxyl groups is 1. The number of rotatable bonds is 6. The molecule has 130 valence electrons. The number of anilines is 1. The standard InChI is InChI=1S/C17H21N3O3.HI/c1-22-14-8-12(9-15(10-14)23-2)16(21)11-19-17(18)20-13-6-4-3-5-7-13;/h3-10,16,21H,11H2,1-2H3,(H3,18,19,20);1H. The Morgan fingerprint density at radius 3 is 2.25 bits per heavy atom. The molecule has 0 aliphatic heterocycles. The predicted molar refractivity (Wildman–Crippen MR) is 106 cm³/mol. The summed E-state index contributed by atoms with van der Waals surface area (Å²) in [4.78, 5) is 4.16. The van der Waals surface area contributed by atoms with Gasteiger partial charge in [-0.1, -0.05) is 18.2 Å². The molecule has 1 atom stereocenters. The molecule has 0 radical (unpaired) electrons. The summed E-state index contributed by atoms with van der Waals surface area (Å²) in [7, 11) is 3.12. The number of benzene rings is 2.